The van der Waals surface area contributed by atoms with Crippen LogP contribution in [-0.2, 0) is 6.54 Å². The van der Waals surface area contributed by atoms with E-state index in [9.17, 15) is 4.79 Å². The van der Waals surface area contributed by atoms with Gasteiger partial charge in [0.2, 0.25) is 0 Å². The molecule has 0 radical (unpaired) electrons. The van der Waals surface area contributed by atoms with Gasteiger partial charge < -0.3 is 10.6 Å². The van der Waals surface area contributed by atoms with Crippen LogP contribution in [0, 0.1) is 0 Å². The number of benzene rings is 3. The largest absolute Gasteiger partial charge is 0.334 e. The van der Waals surface area contributed by atoms with Gasteiger partial charge in [0, 0.05) is 17.8 Å². The lowest BCUT2D eigenvalue weighted by Crippen LogP contribution is -2.28. The maximum atomic E-state index is 12.1. The van der Waals surface area contributed by atoms with E-state index in [2.05, 4.69) is 21.7 Å². The van der Waals surface area contributed by atoms with Crippen molar-refractivity contribution in [2.45, 2.75) is 6.54 Å². The monoisotopic (exact) mass is 359 g/mol. The average Bonchev–Trinajstić information content (AvgIpc) is 3.12. The fraction of sp³-hybridized carbons (Fsp3) is 0.0476. The predicted molar refractivity (Wildman–Crippen MR) is 107 cm³/mol. The summed E-state index contributed by atoms with van der Waals surface area (Å²) < 4.78 is 1.15. The summed E-state index contributed by atoms with van der Waals surface area (Å²) in [5.74, 6) is 0. The van der Waals surface area contributed by atoms with Gasteiger partial charge in [-0.25, -0.2) is 9.78 Å². The number of thiazole rings is 1. The number of carbonyl (C=O) groups is 1. The zero-order valence-corrected chi connectivity index (χ0v) is 14.8. The third-order valence-corrected chi connectivity index (χ3v) is 5.04. The normalized spacial score (nSPS) is 10.6. The van der Waals surface area contributed by atoms with Crippen molar-refractivity contribution in [3.63, 3.8) is 0 Å². The molecule has 2 amide bonds. The number of nitrogens with zero attached hydrogens (tertiary/aromatic N) is 1. The van der Waals surface area contributed by atoms with Crippen molar-refractivity contribution in [3.05, 3.63) is 84.4 Å². The molecule has 1 aromatic heterocycles. The van der Waals surface area contributed by atoms with Gasteiger partial charge in [0.25, 0.3) is 0 Å². The van der Waals surface area contributed by atoms with Crippen LogP contribution in [0.1, 0.15) is 5.56 Å². The first-order valence-corrected chi connectivity index (χ1v) is 9.14. The van der Waals surface area contributed by atoms with Crippen LogP contribution in [0.4, 0.5) is 10.5 Å². The fourth-order valence-electron chi connectivity index (χ4n) is 2.68. The lowest BCUT2D eigenvalue weighted by molar-refractivity contribution is 0.251. The van der Waals surface area contributed by atoms with Crippen LogP contribution in [0.15, 0.2) is 78.9 Å². The van der Waals surface area contributed by atoms with Crippen molar-refractivity contribution in [2.75, 3.05) is 5.32 Å². The molecule has 0 aliphatic rings. The molecule has 128 valence electrons. The minimum Gasteiger partial charge on any atom is -0.334 e. The Hall–Kier alpha value is -3.18. The lowest BCUT2D eigenvalue weighted by atomic mass is 10.2. The van der Waals surface area contributed by atoms with Crippen LogP contribution < -0.4 is 10.6 Å². The average molecular weight is 359 g/mol. The molecule has 0 saturated carbocycles. The Morgan fingerprint density at radius 3 is 2.58 bits per heavy atom. The molecule has 0 saturated heterocycles. The van der Waals surface area contributed by atoms with Crippen molar-refractivity contribution >= 4 is 33.3 Å². The minimum absolute atomic E-state index is 0.227. The molecule has 5 heteroatoms. The number of carbonyl (C=O) groups excluding carboxylic acids is 1. The predicted octanol–water partition coefficient (Wildman–Crippen LogP) is 5.29. The molecule has 0 spiro atoms. The van der Waals surface area contributed by atoms with Crippen LogP contribution in [0.3, 0.4) is 0 Å². The summed E-state index contributed by atoms with van der Waals surface area (Å²) in [5, 5.41) is 6.69. The molecular weight excluding hydrogens is 342 g/mol. The van der Waals surface area contributed by atoms with Crippen molar-refractivity contribution in [1.82, 2.24) is 10.3 Å². The summed E-state index contributed by atoms with van der Waals surface area (Å²) in [4.78, 5) is 16.8. The molecule has 4 rings (SSSR count). The summed E-state index contributed by atoms with van der Waals surface area (Å²) >= 11 is 1.65. The zero-order chi connectivity index (χ0) is 17.8. The Balaban J connectivity index is 1.46. The Labute approximate surface area is 155 Å². The smallest absolute Gasteiger partial charge is 0.319 e. The van der Waals surface area contributed by atoms with Crippen LogP contribution in [-0.4, -0.2) is 11.0 Å². The number of hydrogen-bond acceptors (Lipinski definition) is 3. The Morgan fingerprint density at radius 2 is 1.73 bits per heavy atom. The molecule has 0 aliphatic heterocycles. The van der Waals surface area contributed by atoms with E-state index < -0.39 is 0 Å². The number of amides is 2. The number of rotatable bonds is 4. The second-order valence-corrected chi connectivity index (χ2v) is 6.89. The SMILES string of the molecule is O=C(NCc1ccccc1)Nc1cccc(-c2nc3ccccc3s2)c1. The molecule has 0 atom stereocenters. The van der Waals surface area contributed by atoms with E-state index in [0.29, 0.717) is 6.54 Å². The highest BCUT2D eigenvalue weighted by Crippen LogP contribution is 2.31. The van der Waals surface area contributed by atoms with E-state index in [1.807, 2.05) is 72.8 Å². The van der Waals surface area contributed by atoms with Gasteiger partial charge in [-0.15, -0.1) is 11.3 Å². The summed E-state index contributed by atoms with van der Waals surface area (Å²) in [6.07, 6.45) is 0. The highest BCUT2D eigenvalue weighted by atomic mass is 32.1. The van der Waals surface area contributed by atoms with Gasteiger partial charge in [-0.05, 0) is 29.8 Å². The second kappa shape index (κ2) is 7.37. The van der Waals surface area contributed by atoms with E-state index in [4.69, 9.17) is 0 Å². The Bertz CT molecular complexity index is 1010. The first-order valence-electron chi connectivity index (χ1n) is 8.33. The third-order valence-electron chi connectivity index (χ3n) is 3.96. The van der Waals surface area contributed by atoms with E-state index in [-0.39, 0.29) is 6.03 Å². The van der Waals surface area contributed by atoms with Crippen LogP contribution in [0.25, 0.3) is 20.8 Å². The molecule has 0 fully saturated rings. The number of nitrogens with one attached hydrogen (secondary N) is 2. The van der Waals surface area contributed by atoms with Gasteiger partial charge in [0.1, 0.15) is 5.01 Å². The highest BCUT2D eigenvalue weighted by molar-refractivity contribution is 7.21. The molecule has 4 nitrogen and oxygen atoms in total. The summed E-state index contributed by atoms with van der Waals surface area (Å²) in [6.45, 7) is 0.490. The summed E-state index contributed by atoms with van der Waals surface area (Å²) in [5.41, 5.74) is 3.79. The van der Waals surface area contributed by atoms with Crippen LogP contribution in [0.2, 0.25) is 0 Å². The quantitative estimate of drug-likeness (QED) is 0.520. The van der Waals surface area contributed by atoms with Gasteiger partial charge in [0.05, 0.1) is 10.2 Å². The highest BCUT2D eigenvalue weighted by Gasteiger charge is 2.08. The second-order valence-electron chi connectivity index (χ2n) is 5.86. The first kappa shape index (κ1) is 16.3. The molecule has 3 aromatic carbocycles. The van der Waals surface area contributed by atoms with Crippen molar-refractivity contribution in [2.24, 2.45) is 0 Å². The van der Waals surface area contributed by atoms with Gasteiger partial charge >= 0.3 is 6.03 Å². The standard InChI is InChI=1S/C21H17N3OS/c25-21(22-14-15-7-2-1-3-8-15)23-17-10-6-9-16(13-17)20-24-18-11-4-5-12-19(18)26-20/h1-13H,14H2,(H2,22,23,25). The molecule has 0 unspecified atom stereocenters. The molecular formula is C21H17N3OS. The number of fused-ring (bicyclic) bond motifs is 1. The number of para-hydroxylation sites is 1. The molecule has 26 heavy (non-hydrogen) atoms. The molecule has 2 N–H and O–H groups in total. The molecule has 1 heterocycles. The maximum Gasteiger partial charge on any atom is 0.319 e. The third kappa shape index (κ3) is 3.73. The lowest BCUT2D eigenvalue weighted by Gasteiger charge is -2.08. The van der Waals surface area contributed by atoms with E-state index >= 15 is 0 Å². The Kier molecular flexibility index (Phi) is 4.62. The van der Waals surface area contributed by atoms with E-state index in [0.717, 1.165) is 32.0 Å². The van der Waals surface area contributed by atoms with Gasteiger partial charge in [-0.1, -0.05) is 54.6 Å². The minimum atomic E-state index is -0.227. The number of urea groups is 1. The first-order chi connectivity index (χ1) is 12.8. The van der Waals surface area contributed by atoms with Crippen molar-refractivity contribution in [3.8, 4) is 10.6 Å². The van der Waals surface area contributed by atoms with Crippen molar-refractivity contribution in [1.29, 1.82) is 0 Å². The molecule has 0 bridgehead atoms. The van der Waals surface area contributed by atoms with E-state index in [1.54, 1.807) is 11.3 Å². The van der Waals surface area contributed by atoms with Crippen LogP contribution in [0.5, 0.6) is 0 Å². The maximum absolute atomic E-state index is 12.1. The van der Waals surface area contributed by atoms with Gasteiger partial charge in [0.15, 0.2) is 0 Å². The van der Waals surface area contributed by atoms with Gasteiger partial charge in [-0.2, -0.15) is 0 Å². The Morgan fingerprint density at radius 1 is 0.923 bits per heavy atom. The zero-order valence-electron chi connectivity index (χ0n) is 14.0. The number of aromatic nitrogens is 1. The van der Waals surface area contributed by atoms with Gasteiger partial charge in [-0.3, -0.25) is 0 Å². The summed E-state index contributed by atoms with van der Waals surface area (Å²) in [7, 11) is 0. The molecule has 0 aliphatic carbocycles. The van der Waals surface area contributed by atoms with E-state index in [1.165, 1.54) is 0 Å². The summed E-state index contributed by atoms with van der Waals surface area (Å²) in [6, 6.07) is 25.4. The fourth-order valence-corrected chi connectivity index (χ4v) is 3.64. The number of hydrogen-bond donors (Lipinski definition) is 2. The van der Waals surface area contributed by atoms with Crippen molar-refractivity contribution < 1.29 is 4.79 Å². The number of anilines is 1. The topological polar surface area (TPSA) is 54.0 Å². The molecule has 4 aromatic rings. The van der Waals surface area contributed by atoms with Crippen LogP contribution >= 0.6 is 11.3 Å².